The van der Waals surface area contributed by atoms with Gasteiger partial charge in [-0.25, -0.2) is 23.2 Å². The highest BCUT2D eigenvalue weighted by Crippen LogP contribution is 2.29. The molecule has 4 aromatic rings. The van der Waals surface area contributed by atoms with E-state index in [1.54, 1.807) is 30.6 Å². The molecular weight excluding hydrogens is 621 g/mol. The average Bonchev–Trinajstić information content (AvgIpc) is 3.03. The zero-order valence-electron chi connectivity index (χ0n) is 27.1. The maximum absolute atomic E-state index is 11.8. The number of carbonyl (C=O) groups excluding carboxylic acids is 1. The predicted octanol–water partition coefficient (Wildman–Crippen LogP) is 7.79. The van der Waals surface area contributed by atoms with Crippen molar-refractivity contribution in [1.29, 1.82) is 0 Å². The van der Waals surface area contributed by atoms with Gasteiger partial charge in [0.1, 0.15) is 32.4 Å². The lowest BCUT2D eigenvalue weighted by atomic mass is 10.1. The maximum atomic E-state index is 11.8. The van der Waals surface area contributed by atoms with Crippen LogP contribution in [0.15, 0.2) is 117 Å². The number of ether oxygens (including phenoxy) is 2. The van der Waals surface area contributed by atoms with Crippen LogP contribution in [0.25, 0.3) is 0 Å². The van der Waals surface area contributed by atoms with Crippen LogP contribution >= 0.6 is 0 Å². The molecular formula is C36H44N2O6S2. The molecule has 0 aliphatic rings. The van der Waals surface area contributed by atoms with E-state index in [0.29, 0.717) is 17.7 Å². The van der Waals surface area contributed by atoms with Crippen LogP contribution in [-0.4, -0.2) is 41.1 Å². The summed E-state index contributed by atoms with van der Waals surface area (Å²) in [4.78, 5) is 21.9. The monoisotopic (exact) mass is 664 g/mol. The first-order chi connectivity index (χ1) is 22.0. The molecule has 0 saturated heterocycles. The second-order valence-corrected chi connectivity index (χ2v) is 14.8. The Morgan fingerprint density at radius 2 is 1.35 bits per heavy atom. The number of esters is 1. The van der Waals surface area contributed by atoms with Crippen LogP contribution in [0.1, 0.15) is 71.8 Å². The molecule has 4 rings (SSSR count). The van der Waals surface area contributed by atoms with Gasteiger partial charge in [0.15, 0.2) is 11.5 Å². The number of rotatable bonds is 14. The van der Waals surface area contributed by atoms with E-state index in [2.05, 4.69) is 16.9 Å². The van der Waals surface area contributed by atoms with Crippen LogP contribution in [0, 0.1) is 0 Å². The third-order valence-electron chi connectivity index (χ3n) is 6.57. The van der Waals surface area contributed by atoms with E-state index in [0.717, 1.165) is 27.8 Å². The Morgan fingerprint density at radius 3 is 1.89 bits per heavy atom. The second-order valence-electron chi connectivity index (χ2n) is 11.6. The van der Waals surface area contributed by atoms with Crippen molar-refractivity contribution in [3.8, 4) is 5.75 Å². The Morgan fingerprint density at radius 1 is 0.783 bits per heavy atom. The molecule has 0 aliphatic carbocycles. The average molecular weight is 665 g/mol. The first-order valence-corrected chi connectivity index (χ1v) is 18.2. The van der Waals surface area contributed by atoms with Gasteiger partial charge in [0.25, 0.3) is 10.1 Å². The van der Waals surface area contributed by atoms with E-state index in [1.807, 2.05) is 81.4 Å². The van der Waals surface area contributed by atoms with E-state index in [4.69, 9.17) is 9.47 Å². The molecule has 2 heterocycles. The number of hydrogen-bond donors (Lipinski definition) is 0. The van der Waals surface area contributed by atoms with Crippen LogP contribution in [0.2, 0.25) is 0 Å². The Labute approximate surface area is 276 Å². The Hall–Kier alpha value is -3.73. The normalized spacial score (nSPS) is 11.4. The minimum Gasteiger partial charge on any atom is -0.744 e. The summed E-state index contributed by atoms with van der Waals surface area (Å²) in [7, 11) is -4.75. The summed E-state index contributed by atoms with van der Waals surface area (Å²) < 4.78 is 44.0. The molecule has 0 spiro atoms. The van der Waals surface area contributed by atoms with Gasteiger partial charge in [0.2, 0.25) is 0 Å². The van der Waals surface area contributed by atoms with Crippen LogP contribution in [0.3, 0.4) is 0 Å². The molecule has 0 unspecified atom stereocenters. The van der Waals surface area contributed by atoms with Gasteiger partial charge in [-0.2, -0.15) is 0 Å². The molecule has 0 fully saturated rings. The minimum absolute atomic E-state index is 0.0569. The second kappa shape index (κ2) is 18.4. The molecule has 2 aromatic carbocycles. The Bertz CT molecular complexity index is 1540. The summed E-state index contributed by atoms with van der Waals surface area (Å²) in [6.07, 6.45) is 11.2. The largest absolute Gasteiger partial charge is 0.744 e. The molecule has 0 amide bonds. The molecule has 0 saturated carbocycles. The Kier molecular flexibility index (Phi) is 14.7. The van der Waals surface area contributed by atoms with Crippen molar-refractivity contribution in [2.75, 3.05) is 6.61 Å². The van der Waals surface area contributed by atoms with E-state index in [9.17, 15) is 17.8 Å². The maximum Gasteiger partial charge on any atom is 0.344 e. The zero-order chi connectivity index (χ0) is 33.4. The van der Waals surface area contributed by atoms with Crippen LogP contribution in [0.4, 0.5) is 0 Å². The van der Waals surface area contributed by atoms with E-state index in [1.165, 1.54) is 31.7 Å². The molecule has 0 radical (unpaired) electrons. The summed E-state index contributed by atoms with van der Waals surface area (Å²) >= 11 is 0. The number of pyridine rings is 2. The topological polar surface area (TPSA) is 119 Å². The molecule has 0 N–H and O–H groups in total. The zero-order valence-corrected chi connectivity index (χ0v) is 28.7. The van der Waals surface area contributed by atoms with Gasteiger partial charge in [-0.3, -0.25) is 0 Å². The highest BCUT2D eigenvalue weighted by molar-refractivity contribution is 7.96. The van der Waals surface area contributed by atoms with Crippen LogP contribution in [-0.2, 0) is 37.0 Å². The van der Waals surface area contributed by atoms with Gasteiger partial charge >= 0.3 is 5.97 Å². The fraction of sp³-hybridized carbons (Fsp3) is 0.361. The van der Waals surface area contributed by atoms with Crippen molar-refractivity contribution in [3.05, 3.63) is 103 Å². The van der Waals surface area contributed by atoms with Crippen molar-refractivity contribution in [3.63, 3.8) is 0 Å². The standard InChI is InChI=1S/C22H23N2O3S.C14H22O3S/c1-22(2,3)27-21(25)16-26-17-10-12-18(13-11-17)28(19-8-4-6-14-23-19)20-9-5-7-15-24-20;1-2-3-4-5-6-7-10-13-11-8-9-12-14(13)18(15,16)17/h4-15H,16H2,1-3H3;8-9,11-12H,2-7,10H2,1H3,(H,15,16,17)/q+1;/p-1. The van der Waals surface area contributed by atoms with Crippen molar-refractivity contribution in [1.82, 2.24) is 9.97 Å². The summed E-state index contributed by atoms with van der Waals surface area (Å²) in [5.41, 5.74) is 0.132. The smallest absolute Gasteiger partial charge is 0.344 e. The SMILES string of the molecule is CC(C)(C)OC(=O)COc1ccc([S+](c2ccccn2)c2ccccn2)cc1.CCCCCCCCc1ccccc1S(=O)(=O)[O-]. The molecule has 2 aromatic heterocycles. The lowest BCUT2D eigenvalue weighted by molar-refractivity contribution is -0.157. The molecule has 0 atom stereocenters. The van der Waals surface area contributed by atoms with Crippen LogP contribution < -0.4 is 4.74 Å². The minimum atomic E-state index is -4.33. The van der Waals surface area contributed by atoms with Crippen molar-refractivity contribution < 1.29 is 27.2 Å². The number of hydrogen-bond acceptors (Lipinski definition) is 8. The molecule has 46 heavy (non-hydrogen) atoms. The molecule has 8 nitrogen and oxygen atoms in total. The Balaban J connectivity index is 0.000000277. The first-order valence-electron chi connectivity index (χ1n) is 15.5. The van der Waals surface area contributed by atoms with Crippen molar-refractivity contribution in [2.24, 2.45) is 0 Å². The first kappa shape index (κ1) is 36.7. The number of unbranched alkanes of at least 4 members (excludes halogenated alkanes) is 5. The fourth-order valence-corrected chi connectivity index (χ4v) is 7.12. The highest BCUT2D eigenvalue weighted by Gasteiger charge is 2.31. The number of carbonyl (C=O) groups is 1. The van der Waals surface area contributed by atoms with Gasteiger partial charge in [0.05, 0.1) is 4.90 Å². The lowest BCUT2D eigenvalue weighted by Gasteiger charge is -2.19. The van der Waals surface area contributed by atoms with Crippen molar-refractivity contribution >= 4 is 27.0 Å². The third-order valence-corrected chi connectivity index (χ3v) is 9.57. The number of aromatic nitrogens is 2. The predicted molar refractivity (Wildman–Crippen MR) is 180 cm³/mol. The molecule has 0 bridgehead atoms. The van der Waals surface area contributed by atoms with Gasteiger partial charge in [-0.1, -0.05) is 69.4 Å². The quantitative estimate of drug-likeness (QED) is 0.0580. The van der Waals surface area contributed by atoms with E-state index in [-0.39, 0.29) is 11.5 Å². The fourth-order valence-electron chi connectivity index (χ4n) is 4.52. The molecule has 0 aliphatic heterocycles. The lowest BCUT2D eigenvalue weighted by Crippen LogP contribution is -2.27. The molecule has 10 heteroatoms. The van der Waals surface area contributed by atoms with Gasteiger partial charge in [-0.15, -0.1) is 0 Å². The van der Waals surface area contributed by atoms with Crippen molar-refractivity contribution in [2.45, 2.75) is 98.1 Å². The summed E-state index contributed by atoms with van der Waals surface area (Å²) in [5.74, 6) is 0.221. The van der Waals surface area contributed by atoms with Gasteiger partial charge < -0.3 is 14.0 Å². The van der Waals surface area contributed by atoms with E-state index >= 15 is 0 Å². The summed E-state index contributed by atoms with van der Waals surface area (Å²) in [6.45, 7) is 7.54. The summed E-state index contributed by atoms with van der Waals surface area (Å²) in [6, 6.07) is 25.9. The highest BCUT2D eigenvalue weighted by atomic mass is 32.2. The molecule has 246 valence electrons. The van der Waals surface area contributed by atoms with Gasteiger partial charge in [0, 0.05) is 24.5 Å². The van der Waals surface area contributed by atoms with E-state index < -0.39 is 32.6 Å². The third kappa shape index (κ3) is 12.9. The number of benzene rings is 2. The number of aryl methyl sites for hydroxylation is 1. The summed E-state index contributed by atoms with van der Waals surface area (Å²) in [5, 5.41) is 1.90. The van der Waals surface area contributed by atoms with Crippen LogP contribution in [0.5, 0.6) is 5.75 Å². The number of nitrogens with zero attached hydrogens (tertiary/aromatic N) is 2. The van der Waals surface area contributed by atoms with Gasteiger partial charge in [-0.05, 0) is 81.6 Å².